The molecule has 3 aromatic carbocycles. The molecule has 0 aliphatic rings. The Balaban J connectivity index is 1.51. The maximum absolute atomic E-state index is 5.83. The molecule has 0 unspecified atom stereocenters. The lowest BCUT2D eigenvalue weighted by atomic mass is 10.2. The Morgan fingerprint density at radius 1 is 0.852 bits per heavy atom. The molecule has 5 nitrogen and oxygen atoms in total. The number of ether oxygens (including phenoxy) is 2. The van der Waals surface area contributed by atoms with Gasteiger partial charge in [-0.15, -0.1) is 0 Å². The van der Waals surface area contributed by atoms with E-state index >= 15 is 0 Å². The highest BCUT2D eigenvalue weighted by atomic mass is 16.5. The van der Waals surface area contributed by atoms with E-state index in [4.69, 9.17) is 9.47 Å². The Morgan fingerprint density at radius 3 is 2.44 bits per heavy atom. The second-order valence-electron chi connectivity index (χ2n) is 6.00. The molecule has 0 saturated carbocycles. The predicted octanol–water partition coefficient (Wildman–Crippen LogP) is 4.96. The van der Waals surface area contributed by atoms with Gasteiger partial charge in [0.1, 0.15) is 30.3 Å². The minimum Gasteiger partial charge on any atom is -0.496 e. The number of aromatic nitrogens is 2. The van der Waals surface area contributed by atoms with Gasteiger partial charge in [-0.2, -0.15) is 0 Å². The van der Waals surface area contributed by atoms with Crippen LogP contribution in [0, 0.1) is 0 Å². The van der Waals surface area contributed by atoms with E-state index in [2.05, 4.69) is 15.3 Å². The number of nitrogens with zero attached hydrogens (tertiary/aromatic N) is 2. The second kappa shape index (κ2) is 7.74. The highest BCUT2D eigenvalue weighted by molar-refractivity contribution is 5.95. The number of methoxy groups -OCH3 is 1. The summed E-state index contributed by atoms with van der Waals surface area (Å²) in [5, 5.41) is 4.19. The standard InChI is InChI=1S/C22H19N3O2/c1-26-20-9-5-8-19-21(20)22(24-15-23-19)25-17-10-12-18(13-11-17)27-14-16-6-3-2-4-7-16/h2-13,15H,14H2,1H3,(H,23,24,25). The molecule has 0 radical (unpaired) electrons. The van der Waals surface area contributed by atoms with Crippen molar-refractivity contribution >= 4 is 22.4 Å². The van der Waals surface area contributed by atoms with Gasteiger partial charge >= 0.3 is 0 Å². The minimum atomic E-state index is 0.543. The maximum atomic E-state index is 5.83. The first-order chi connectivity index (χ1) is 13.3. The summed E-state index contributed by atoms with van der Waals surface area (Å²) >= 11 is 0. The van der Waals surface area contributed by atoms with Gasteiger partial charge in [-0.25, -0.2) is 9.97 Å². The first-order valence-corrected chi connectivity index (χ1v) is 8.65. The molecule has 4 rings (SSSR count). The van der Waals surface area contributed by atoms with Crippen LogP contribution < -0.4 is 14.8 Å². The normalized spacial score (nSPS) is 10.6. The predicted molar refractivity (Wildman–Crippen MR) is 107 cm³/mol. The van der Waals surface area contributed by atoms with Gasteiger partial charge in [0.05, 0.1) is 18.0 Å². The Labute approximate surface area is 157 Å². The van der Waals surface area contributed by atoms with E-state index in [1.807, 2.05) is 72.8 Å². The van der Waals surface area contributed by atoms with E-state index in [0.717, 1.165) is 33.7 Å². The monoisotopic (exact) mass is 357 g/mol. The van der Waals surface area contributed by atoms with Crippen LogP contribution in [0.25, 0.3) is 10.9 Å². The van der Waals surface area contributed by atoms with Gasteiger partial charge in [-0.05, 0) is 42.0 Å². The largest absolute Gasteiger partial charge is 0.496 e. The summed E-state index contributed by atoms with van der Waals surface area (Å²) in [5.74, 6) is 2.25. The van der Waals surface area contributed by atoms with Crippen molar-refractivity contribution in [2.75, 3.05) is 12.4 Å². The summed E-state index contributed by atoms with van der Waals surface area (Å²) < 4.78 is 11.3. The van der Waals surface area contributed by atoms with E-state index in [9.17, 15) is 0 Å². The third-order valence-corrected chi connectivity index (χ3v) is 4.21. The molecule has 1 aromatic heterocycles. The van der Waals surface area contributed by atoms with Crippen molar-refractivity contribution in [3.05, 3.63) is 84.7 Å². The molecular weight excluding hydrogens is 338 g/mol. The Bertz CT molecular complexity index is 1030. The zero-order chi connectivity index (χ0) is 18.5. The van der Waals surface area contributed by atoms with Crippen molar-refractivity contribution in [3.8, 4) is 11.5 Å². The molecule has 5 heteroatoms. The fourth-order valence-electron chi connectivity index (χ4n) is 2.86. The molecular formula is C22H19N3O2. The van der Waals surface area contributed by atoms with Crippen LogP contribution in [0.3, 0.4) is 0 Å². The average Bonchev–Trinajstić information content (AvgIpc) is 2.74. The number of fused-ring (bicyclic) bond motifs is 1. The lowest BCUT2D eigenvalue weighted by molar-refractivity contribution is 0.306. The minimum absolute atomic E-state index is 0.543. The van der Waals surface area contributed by atoms with Crippen LogP contribution in [0.15, 0.2) is 79.1 Å². The first-order valence-electron chi connectivity index (χ1n) is 8.65. The lowest BCUT2D eigenvalue weighted by Crippen LogP contribution is -1.98. The average molecular weight is 357 g/mol. The highest BCUT2D eigenvalue weighted by Crippen LogP contribution is 2.31. The van der Waals surface area contributed by atoms with Crippen LogP contribution in [0.2, 0.25) is 0 Å². The van der Waals surface area contributed by atoms with E-state index in [1.165, 1.54) is 0 Å². The molecule has 0 amide bonds. The van der Waals surface area contributed by atoms with Gasteiger partial charge < -0.3 is 14.8 Å². The van der Waals surface area contributed by atoms with Crippen molar-refractivity contribution in [3.63, 3.8) is 0 Å². The number of anilines is 2. The number of rotatable bonds is 6. The van der Waals surface area contributed by atoms with Crippen LogP contribution in [0.4, 0.5) is 11.5 Å². The highest BCUT2D eigenvalue weighted by Gasteiger charge is 2.09. The van der Waals surface area contributed by atoms with Crippen LogP contribution in [0.5, 0.6) is 11.5 Å². The molecule has 0 bridgehead atoms. The molecule has 0 saturated heterocycles. The molecule has 134 valence electrons. The van der Waals surface area contributed by atoms with Crippen molar-refractivity contribution < 1.29 is 9.47 Å². The lowest BCUT2D eigenvalue weighted by Gasteiger charge is -2.12. The fraction of sp³-hybridized carbons (Fsp3) is 0.0909. The van der Waals surface area contributed by atoms with E-state index in [1.54, 1.807) is 13.4 Å². The molecule has 0 spiro atoms. The second-order valence-corrected chi connectivity index (χ2v) is 6.00. The Morgan fingerprint density at radius 2 is 1.67 bits per heavy atom. The summed E-state index contributed by atoms with van der Waals surface area (Å²) in [6.45, 7) is 0.543. The SMILES string of the molecule is COc1cccc2ncnc(Nc3ccc(OCc4ccccc4)cc3)c12. The van der Waals surface area contributed by atoms with E-state index in [-0.39, 0.29) is 0 Å². The van der Waals surface area contributed by atoms with Crippen LogP contribution in [-0.2, 0) is 6.61 Å². The van der Waals surface area contributed by atoms with Crippen molar-refractivity contribution in [2.24, 2.45) is 0 Å². The fourth-order valence-corrected chi connectivity index (χ4v) is 2.86. The Kier molecular flexibility index (Phi) is 4.83. The van der Waals surface area contributed by atoms with Gasteiger partial charge in [-0.1, -0.05) is 36.4 Å². The third-order valence-electron chi connectivity index (χ3n) is 4.21. The summed E-state index contributed by atoms with van der Waals surface area (Å²) in [6, 6.07) is 23.6. The molecule has 0 aliphatic heterocycles. The molecule has 0 aliphatic carbocycles. The third kappa shape index (κ3) is 3.82. The first kappa shape index (κ1) is 16.8. The zero-order valence-corrected chi connectivity index (χ0v) is 14.9. The van der Waals surface area contributed by atoms with Crippen LogP contribution >= 0.6 is 0 Å². The smallest absolute Gasteiger partial charge is 0.145 e. The Hall–Kier alpha value is -3.60. The van der Waals surface area contributed by atoms with Gasteiger partial charge in [-0.3, -0.25) is 0 Å². The number of hydrogen-bond donors (Lipinski definition) is 1. The molecule has 1 N–H and O–H groups in total. The summed E-state index contributed by atoms with van der Waals surface area (Å²) in [6.07, 6.45) is 1.54. The van der Waals surface area contributed by atoms with Crippen LogP contribution in [-0.4, -0.2) is 17.1 Å². The number of hydrogen-bond acceptors (Lipinski definition) is 5. The zero-order valence-electron chi connectivity index (χ0n) is 14.9. The topological polar surface area (TPSA) is 56.3 Å². The van der Waals surface area contributed by atoms with Crippen molar-refractivity contribution in [1.29, 1.82) is 0 Å². The summed E-state index contributed by atoms with van der Waals surface area (Å²) in [7, 11) is 1.64. The van der Waals surface area contributed by atoms with Crippen molar-refractivity contribution in [2.45, 2.75) is 6.61 Å². The number of benzene rings is 3. The molecule has 27 heavy (non-hydrogen) atoms. The van der Waals surface area contributed by atoms with E-state index in [0.29, 0.717) is 12.4 Å². The molecule has 4 aromatic rings. The molecule has 0 atom stereocenters. The van der Waals surface area contributed by atoms with Gasteiger partial charge in [0.15, 0.2) is 0 Å². The van der Waals surface area contributed by atoms with E-state index < -0.39 is 0 Å². The molecule has 1 heterocycles. The van der Waals surface area contributed by atoms with Crippen molar-refractivity contribution in [1.82, 2.24) is 9.97 Å². The van der Waals surface area contributed by atoms with Crippen LogP contribution in [0.1, 0.15) is 5.56 Å². The van der Waals surface area contributed by atoms with Gasteiger partial charge in [0.2, 0.25) is 0 Å². The number of nitrogens with one attached hydrogen (secondary N) is 1. The quantitative estimate of drug-likeness (QED) is 0.528. The van der Waals surface area contributed by atoms with Gasteiger partial charge in [0, 0.05) is 5.69 Å². The maximum Gasteiger partial charge on any atom is 0.145 e. The summed E-state index contributed by atoms with van der Waals surface area (Å²) in [4.78, 5) is 8.68. The van der Waals surface area contributed by atoms with Gasteiger partial charge in [0.25, 0.3) is 0 Å². The summed E-state index contributed by atoms with van der Waals surface area (Å²) in [5.41, 5.74) is 2.88. The molecule has 0 fully saturated rings.